The molecule has 2 aliphatic heterocycles. The maximum absolute atomic E-state index is 4.81. The molecule has 136 valence electrons. The SMILES string of the molecule is Cc1nn(C)c2nccc(N3CCC(c4ncc5n4CCCC5)CC3)c12. The van der Waals surface area contributed by atoms with E-state index in [1.165, 1.54) is 54.7 Å². The maximum Gasteiger partial charge on any atom is 0.159 e. The minimum atomic E-state index is 0.588. The van der Waals surface area contributed by atoms with Crippen LogP contribution in [0.5, 0.6) is 0 Å². The van der Waals surface area contributed by atoms with Crippen LogP contribution in [-0.2, 0) is 20.0 Å². The van der Waals surface area contributed by atoms with Crippen LogP contribution in [0.15, 0.2) is 18.5 Å². The molecule has 1 fully saturated rings. The van der Waals surface area contributed by atoms with E-state index in [1.807, 2.05) is 17.9 Å². The van der Waals surface area contributed by atoms with E-state index in [4.69, 9.17) is 4.98 Å². The molecule has 5 rings (SSSR count). The van der Waals surface area contributed by atoms with Gasteiger partial charge in [-0.05, 0) is 45.1 Å². The molecule has 3 aromatic rings. The van der Waals surface area contributed by atoms with Gasteiger partial charge in [0.05, 0.1) is 16.8 Å². The Kier molecular flexibility index (Phi) is 3.72. The molecule has 26 heavy (non-hydrogen) atoms. The van der Waals surface area contributed by atoms with Crippen LogP contribution < -0.4 is 4.90 Å². The highest BCUT2D eigenvalue weighted by atomic mass is 15.3. The van der Waals surface area contributed by atoms with Gasteiger partial charge in [0.15, 0.2) is 5.65 Å². The number of hydrogen-bond acceptors (Lipinski definition) is 4. The summed E-state index contributed by atoms with van der Waals surface area (Å²) in [6.07, 6.45) is 10.2. The molecule has 5 heterocycles. The molecule has 0 unspecified atom stereocenters. The Labute approximate surface area is 153 Å². The van der Waals surface area contributed by atoms with Gasteiger partial charge in [-0.25, -0.2) is 9.97 Å². The molecule has 0 N–H and O–H groups in total. The summed E-state index contributed by atoms with van der Waals surface area (Å²) in [5, 5.41) is 5.76. The second-order valence-corrected chi connectivity index (χ2v) is 7.72. The third kappa shape index (κ3) is 2.42. The van der Waals surface area contributed by atoms with Gasteiger partial charge < -0.3 is 9.47 Å². The minimum Gasteiger partial charge on any atom is -0.371 e. The number of aromatic nitrogens is 5. The number of hydrogen-bond donors (Lipinski definition) is 0. The van der Waals surface area contributed by atoms with Crippen LogP contribution in [0, 0.1) is 6.92 Å². The smallest absolute Gasteiger partial charge is 0.159 e. The summed E-state index contributed by atoms with van der Waals surface area (Å²) in [5.41, 5.74) is 4.76. The van der Waals surface area contributed by atoms with Crippen molar-refractivity contribution in [3.63, 3.8) is 0 Å². The highest BCUT2D eigenvalue weighted by molar-refractivity contribution is 5.91. The Morgan fingerprint density at radius 1 is 1.08 bits per heavy atom. The molecule has 3 aromatic heterocycles. The van der Waals surface area contributed by atoms with Gasteiger partial charge in [-0.15, -0.1) is 0 Å². The highest BCUT2D eigenvalue weighted by Crippen LogP contribution is 2.34. The van der Waals surface area contributed by atoms with E-state index >= 15 is 0 Å². The zero-order valence-electron chi connectivity index (χ0n) is 15.6. The Bertz CT molecular complexity index is 945. The van der Waals surface area contributed by atoms with Crippen LogP contribution in [0.25, 0.3) is 11.0 Å². The Morgan fingerprint density at radius 3 is 2.77 bits per heavy atom. The summed E-state index contributed by atoms with van der Waals surface area (Å²) in [5.74, 6) is 1.92. The first-order valence-electron chi connectivity index (χ1n) is 9.80. The van der Waals surface area contributed by atoms with E-state index in [0.717, 1.165) is 31.0 Å². The second-order valence-electron chi connectivity index (χ2n) is 7.72. The van der Waals surface area contributed by atoms with E-state index in [-0.39, 0.29) is 0 Å². The summed E-state index contributed by atoms with van der Waals surface area (Å²) in [4.78, 5) is 11.8. The van der Waals surface area contributed by atoms with Crippen molar-refractivity contribution in [2.24, 2.45) is 7.05 Å². The molecule has 0 atom stereocenters. The number of anilines is 1. The topological polar surface area (TPSA) is 51.8 Å². The quantitative estimate of drug-likeness (QED) is 0.712. The number of fused-ring (bicyclic) bond motifs is 2. The van der Waals surface area contributed by atoms with E-state index < -0.39 is 0 Å². The number of nitrogens with zero attached hydrogens (tertiary/aromatic N) is 6. The molecule has 0 amide bonds. The first-order valence-corrected chi connectivity index (χ1v) is 9.80. The summed E-state index contributed by atoms with van der Waals surface area (Å²) in [7, 11) is 1.97. The zero-order valence-corrected chi connectivity index (χ0v) is 15.6. The Hall–Kier alpha value is -2.37. The predicted octanol–water partition coefficient (Wildman–Crippen LogP) is 3.19. The molecule has 6 nitrogen and oxygen atoms in total. The fourth-order valence-corrected chi connectivity index (χ4v) is 4.78. The van der Waals surface area contributed by atoms with Gasteiger partial charge in [0.1, 0.15) is 5.82 Å². The lowest BCUT2D eigenvalue weighted by molar-refractivity contribution is 0.441. The van der Waals surface area contributed by atoms with Crippen LogP contribution in [0.4, 0.5) is 5.69 Å². The van der Waals surface area contributed by atoms with Crippen molar-refractivity contribution >= 4 is 16.7 Å². The van der Waals surface area contributed by atoms with Gasteiger partial charge in [0.25, 0.3) is 0 Å². The van der Waals surface area contributed by atoms with E-state index in [0.29, 0.717) is 5.92 Å². The number of aryl methyl sites for hydroxylation is 3. The van der Waals surface area contributed by atoms with Gasteiger partial charge in [0, 0.05) is 50.7 Å². The van der Waals surface area contributed by atoms with Crippen molar-refractivity contribution in [3.05, 3.63) is 35.7 Å². The van der Waals surface area contributed by atoms with E-state index in [9.17, 15) is 0 Å². The molecule has 6 heteroatoms. The van der Waals surface area contributed by atoms with Gasteiger partial charge in [-0.3, -0.25) is 4.68 Å². The van der Waals surface area contributed by atoms with Crippen LogP contribution in [0.2, 0.25) is 0 Å². The average molecular weight is 350 g/mol. The Morgan fingerprint density at radius 2 is 1.92 bits per heavy atom. The lowest BCUT2D eigenvalue weighted by Gasteiger charge is -2.34. The van der Waals surface area contributed by atoms with Crippen molar-refractivity contribution in [1.29, 1.82) is 0 Å². The molecular formula is C20H26N6. The molecular weight excluding hydrogens is 324 g/mol. The first kappa shape index (κ1) is 15.9. The summed E-state index contributed by atoms with van der Waals surface area (Å²) in [6, 6.07) is 2.15. The average Bonchev–Trinajstić information content (AvgIpc) is 3.23. The van der Waals surface area contributed by atoms with E-state index in [2.05, 4.69) is 38.7 Å². The van der Waals surface area contributed by atoms with Crippen molar-refractivity contribution in [1.82, 2.24) is 24.3 Å². The molecule has 0 bridgehead atoms. The predicted molar refractivity (Wildman–Crippen MR) is 103 cm³/mol. The van der Waals surface area contributed by atoms with Gasteiger partial charge in [-0.1, -0.05) is 0 Å². The van der Waals surface area contributed by atoms with Gasteiger partial charge >= 0.3 is 0 Å². The largest absolute Gasteiger partial charge is 0.371 e. The monoisotopic (exact) mass is 350 g/mol. The number of pyridine rings is 1. The molecule has 0 spiro atoms. The highest BCUT2D eigenvalue weighted by Gasteiger charge is 2.27. The van der Waals surface area contributed by atoms with Crippen LogP contribution in [0.3, 0.4) is 0 Å². The molecule has 0 aromatic carbocycles. The first-order chi connectivity index (χ1) is 12.7. The second kappa shape index (κ2) is 6.11. The molecule has 0 saturated carbocycles. The van der Waals surface area contributed by atoms with Crippen LogP contribution >= 0.6 is 0 Å². The summed E-state index contributed by atoms with van der Waals surface area (Å²) in [6.45, 7) is 5.38. The van der Waals surface area contributed by atoms with Crippen molar-refractivity contribution in [2.45, 2.75) is 51.5 Å². The third-order valence-electron chi connectivity index (χ3n) is 6.11. The van der Waals surface area contributed by atoms with Crippen molar-refractivity contribution in [3.8, 4) is 0 Å². The lowest BCUT2D eigenvalue weighted by atomic mass is 9.95. The normalized spacial score (nSPS) is 18.5. The number of imidazole rings is 1. The third-order valence-corrected chi connectivity index (χ3v) is 6.11. The van der Waals surface area contributed by atoms with E-state index in [1.54, 1.807) is 0 Å². The van der Waals surface area contributed by atoms with Crippen LogP contribution in [0.1, 0.15) is 48.8 Å². The molecule has 0 aliphatic carbocycles. The zero-order chi connectivity index (χ0) is 17.7. The van der Waals surface area contributed by atoms with Crippen LogP contribution in [-0.4, -0.2) is 37.4 Å². The Balaban J connectivity index is 1.39. The fourth-order valence-electron chi connectivity index (χ4n) is 4.78. The number of rotatable bonds is 2. The summed E-state index contributed by atoms with van der Waals surface area (Å²) >= 11 is 0. The lowest BCUT2D eigenvalue weighted by Crippen LogP contribution is -2.34. The van der Waals surface area contributed by atoms with Crippen molar-refractivity contribution in [2.75, 3.05) is 18.0 Å². The molecule has 2 aliphatic rings. The van der Waals surface area contributed by atoms with Gasteiger partial charge in [-0.2, -0.15) is 5.10 Å². The summed E-state index contributed by atoms with van der Waals surface area (Å²) < 4.78 is 4.39. The fraction of sp³-hybridized carbons (Fsp3) is 0.550. The van der Waals surface area contributed by atoms with Gasteiger partial charge in [0.2, 0.25) is 0 Å². The minimum absolute atomic E-state index is 0.588. The standard InChI is InChI=1S/C20H26N6/c1-14-18-17(6-9-21-20(18)24(2)23-14)25-11-7-15(8-12-25)19-22-13-16-5-3-4-10-26(16)19/h6,9,13,15H,3-5,7-8,10-12H2,1-2H3. The maximum atomic E-state index is 4.81. The molecule has 0 radical (unpaired) electrons. The number of piperidine rings is 1. The van der Waals surface area contributed by atoms with Crippen molar-refractivity contribution < 1.29 is 0 Å². The molecule has 1 saturated heterocycles.